The Morgan fingerprint density at radius 1 is 0.654 bits per heavy atom. The fourth-order valence-corrected chi connectivity index (χ4v) is 2.91. The summed E-state index contributed by atoms with van der Waals surface area (Å²) in [6, 6.07) is 28.9. The fraction of sp³-hybridized carbons (Fsp3) is 0.174. The van der Waals surface area contributed by atoms with Crippen LogP contribution in [0.15, 0.2) is 90.0 Å². The number of nitrogens with zero attached hydrogens (tertiary/aromatic N) is 3. The summed E-state index contributed by atoms with van der Waals surface area (Å²) >= 11 is 0. The molecule has 0 heterocycles. The Morgan fingerprint density at radius 2 is 1.15 bits per heavy atom. The fourth-order valence-electron chi connectivity index (χ4n) is 2.91. The van der Waals surface area contributed by atoms with Crippen molar-refractivity contribution in [1.29, 1.82) is 0 Å². The monoisotopic (exact) mass is 343 g/mol. The molecule has 26 heavy (non-hydrogen) atoms. The molecule has 0 radical (unpaired) electrons. The van der Waals surface area contributed by atoms with Crippen molar-refractivity contribution in [2.75, 3.05) is 23.0 Å². The first-order chi connectivity index (χ1) is 12.8. The average molecular weight is 343 g/mol. The summed E-state index contributed by atoms with van der Waals surface area (Å²) in [4.78, 5) is 2.33. The molecule has 3 aromatic carbocycles. The lowest BCUT2D eigenvalue weighted by molar-refractivity contribution is 0.866. The van der Waals surface area contributed by atoms with Crippen LogP contribution in [-0.2, 0) is 0 Å². The summed E-state index contributed by atoms with van der Waals surface area (Å²) in [5, 5.41) is 6.70. The van der Waals surface area contributed by atoms with Crippen LogP contribution in [-0.4, -0.2) is 19.3 Å². The Kier molecular flexibility index (Phi) is 6.05. The number of hydrogen-bond acceptors (Lipinski definition) is 3. The van der Waals surface area contributed by atoms with Crippen molar-refractivity contribution in [2.45, 2.75) is 13.8 Å². The molecule has 0 aliphatic heterocycles. The smallest absolute Gasteiger partial charge is 0.0652 e. The molecule has 0 unspecified atom stereocenters. The zero-order valence-corrected chi connectivity index (χ0v) is 15.4. The predicted octanol–water partition coefficient (Wildman–Crippen LogP) is 5.71. The van der Waals surface area contributed by atoms with Gasteiger partial charge in [-0.1, -0.05) is 48.5 Å². The molecule has 0 N–H and O–H groups in total. The Morgan fingerprint density at radius 3 is 1.62 bits per heavy atom. The largest absolute Gasteiger partial charge is 0.372 e. The Hall–Kier alpha value is -3.07. The van der Waals surface area contributed by atoms with Crippen molar-refractivity contribution in [1.82, 2.24) is 0 Å². The standard InChI is InChI=1S/C23H25N3/c1-3-25(4-2)21-17-15-20(16-18-21)19-24-26(22-11-7-5-8-12-22)23-13-9-6-10-14-23/h5-19H,3-4H2,1-2H3. The molecule has 0 amide bonds. The summed E-state index contributed by atoms with van der Waals surface area (Å²) in [7, 11) is 0. The lowest BCUT2D eigenvalue weighted by Gasteiger charge is -2.21. The van der Waals surface area contributed by atoms with Crippen LogP contribution in [0, 0.1) is 0 Å². The first-order valence-corrected chi connectivity index (χ1v) is 9.11. The van der Waals surface area contributed by atoms with E-state index in [1.807, 2.05) is 47.6 Å². The van der Waals surface area contributed by atoms with Crippen LogP contribution in [0.25, 0.3) is 0 Å². The number of anilines is 3. The maximum absolute atomic E-state index is 4.74. The molecular weight excluding hydrogens is 318 g/mol. The van der Waals surface area contributed by atoms with E-state index in [9.17, 15) is 0 Å². The van der Waals surface area contributed by atoms with E-state index in [1.165, 1.54) is 5.69 Å². The van der Waals surface area contributed by atoms with Crippen molar-refractivity contribution in [3.8, 4) is 0 Å². The van der Waals surface area contributed by atoms with Gasteiger partial charge in [-0.3, -0.25) is 0 Å². The Labute approximate surface area is 156 Å². The van der Waals surface area contributed by atoms with Gasteiger partial charge in [-0.2, -0.15) is 5.10 Å². The zero-order chi connectivity index (χ0) is 18.2. The minimum absolute atomic E-state index is 1.01. The van der Waals surface area contributed by atoms with Crippen molar-refractivity contribution in [3.05, 3.63) is 90.5 Å². The van der Waals surface area contributed by atoms with E-state index in [1.54, 1.807) is 0 Å². The van der Waals surface area contributed by atoms with E-state index in [-0.39, 0.29) is 0 Å². The van der Waals surface area contributed by atoms with Crippen LogP contribution < -0.4 is 9.91 Å². The molecule has 0 aliphatic rings. The van der Waals surface area contributed by atoms with Crippen LogP contribution >= 0.6 is 0 Å². The molecule has 132 valence electrons. The third kappa shape index (κ3) is 4.31. The molecule has 0 saturated carbocycles. The van der Waals surface area contributed by atoms with E-state index in [2.05, 4.69) is 67.3 Å². The van der Waals surface area contributed by atoms with Gasteiger partial charge in [-0.15, -0.1) is 0 Å². The SMILES string of the molecule is CCN(CC)c1ccc(C=NN(c2ccccc2)c2ccccc2)cc1. The van der Waals surface area contributed by atoms with Crippen molar-refractivity contribution in [3.63, 3.8) is 0 Å². The van der Waals surface area contributed by atoms with Gasteiger partial charge >= 0.3 is 0 Å². The molecule has 0 spiro atoms. The second-order valence-corrected chi connectivity index (χ2v) is 5.99. The second-order valence-electron chi connectivity index (χ2n) is 5.99. The van der Waals surface area contributed by atoms with Crippen molar-refractivity contribution in [2.24, 2.45) is 5.10 Å². The third-order valence-corrected chi connectivity index (χ3v) is 4.35. The summed E-state index contributed by atoms with van der Waals surface area (Å²) in [6.45, 7) is 6.38. The van der Waals surface area contributed by atoms with E-state index < -0.39 is 0 Å². The summed E-state index contributed by atoms with van der Waals surface area (Å²) in [5.74, 6) is 0. The highest BCUT2D eigenvalue weighted by Gasteiger charge is 2.06. The van der Waals surface area contributed by atoms with Gasteiger partial charge in [0.25, 0.3) is 0 Å². The molecule has 0 saturated heterocycles. The first kappa shape index (κ1) is 17.7. The minimum atomic E-state index is 1.01. The molecule has 0 aromatic heterocycles. The number of benzene rings is 3. The molecule has 3 heteroatoms. The molecule has 0 bridgehead atoms. The van der Waals surface area contributed by atoms with Gasteiger partial charge in [0.15, 0.2) is 0 Å². The molecule has 3 aromatic rings. The maximum Gasteiger partial charge on any atom is 0.0652 e. The maximum atomic E-state index is 4.74. The van der Waals surface area contributed by atoms with Crippen molar-refractivity contribution >= 4 is 23.3 Å². The quantitative estimate of drug-likeness (QED) is 0.404. The highest BCUT2D eigenvalue weighted by molar-refractivity contribution is 5.82. The Balaban J connectivity index is 1.85. The minimum Gasteiger partial charge on any atom is -0.372 e. The number of rotatable bonds is 7. The molecule has 0 fully saturated rings. The van der Waals surface area contributed by atoms with Gasteiger partial charge in [0.05, 0.1) is 17.6 Å². The van der Waals surface area contributed by atoms with Crippen molar-refractivity contribution < 1.29 is 0 Å². The lowest BCUT2D eigenvalue weighted by Crippen LogP contribution is -2.21. The van der Waals surface area contributed by atoms with Gasteiger partial charge in [0, 0.05) is 18.8 Å². The van der Waals surface area contributed by atoms with Gasteiger partial charge < -0.3 is 4.90 Å². The normalized spacial score (nSPS) is 10.8. The number of hydrazone groups is 1. The number of hydrogen-bond donors (Lipinski definition) is 0. The van der Waals surface area contributed by atoms with E-state index in [4.69, 9.17) is 5.10 Å². The topological polar surface area (TPSA) is 18.8 Å². The summed E-state index contributed by atoms with van der Waals surface area (Å²) in [6.07, 6.45) is 1.91. The Bertz CT molecular complexity index is 768. The van der Waals surface area contributed by atoms with Crippen LogP contribution in [0.5, 0.6) is 0 Å². The van der Waals surface area contributed by atoms with Gasteiger partial charge in [-0.25, -0.2) is 5.01 Å². The summed E-state index contributed by atoms with van der Waals surface area (Å²) in [5.41, 5.74) is 4.40. The van der Waals surface area contributed by atoms with E-state index in [0.29, 0.717) is 0 Å². The van der Waals surface area contributed by atoms with Gasteiger partial charge in [0.2, 0.25) is 0 Å². The van der Waals surface area contributed by atoms with E-state index in [0.717, 1.165) is 30.0 Å². The second kappa shape index (κ2) is 8.86. The molecular formula is C23H25N3. The van der Waals surface area contributed by atoms with Crippen LogP contribution in [0.1, 0.15) is 19.4 Å². The first-order valence-electron chi connectivity index (χ1n) is 9.11. The molecule has 0 atom stereocenters. The van der Waals surface area contributed by atoms with Crippen LogP contribution in [0.3, 0.4) is 0 Å². The number of para-hydroxylation sites is 2. The van der Waals surface area contributed by atoms with Gasteiger partial charge in [-0.05, 0) is 55.8 Å². The van der Waals surface area contributed by atoms with Gasteiger partial charge in [0.1, 0.15) is 0 Å². The van der Waals surface area contributed by atoms with Crippen LogP contribution in [0.4, 0.5) is 17.1 Å². The highest BCUT2D eigenvalue weighted by atomic mass is 15.5. The third-order valence-electron chi connectivity index (χ3n) is 4.35. The summed E-state index contributed by atoms with van der Waals surface area (Å²) < 4.78 is 0. The predicted molar refractivity (Wildman–Crippen MR) is 113 cm³/mol. The van der Waals surface area contributed by atoms with E-state index >= 15 is 0 Å². The molecule has 3 rings (SSSR count). The molecule has 0 aliphatic carbocycles. The average Bonchev–Trinajstić information content (AvgIpc) is 2.72. The molecule has 3 nitrogen and oxygen atoms in total. The zero-order valence-electron chi connectivity index (χ0n) is 15.4. The highest BCUT2D eigenvalue weighted by Crippen LogP contribution is 2.25. The lowest BCUT2D eigenvalue weighted by atomic mass is 10.2. The van der Waals surface area contributed by atoms with Crippen LogP contribution in [0.2, 0.25) is 0 Å².